The van der Waals surface area contributed by atoms with Gasteiger partial charge >= 0.3 is 0 Å². The Bertz CT molecular complexity index is 234. The zero-order chi connectivity index (χ0) is 13.0. The van der Waals surface area contributed by atoms with E-state index in [9.17, 15) is 4.79 Å². The van der Waals surface area contributed by atoms with Crippen LogP contribution < -0.4 is 5.32 Å². The van der Waals surface area contributed by atoms with Gasteiger partial charge in [-0.25, -0.2) is 0 Å². The molecule has 1 saturated heterocycles. The molecule has 0 radical (unpaired) electrons. The predicted octanol–water partition coefficient (Wildman–Crippen LogP) is 2.76. The third kappa shape index (κ3) is 3.21. The zero-order valence-electron chi connectivity index (χ0n) is 12.0. The maximum atomic E-state index is 12.0. The molecule has 0 spiro atoms. The largest absolute Gasteiger partial charge is 0.323 e. The van der Waals surface area contributed by atoms with Crippen LogP contribution in [-0.4, -0.2) is 28.6 Å². The predicted molar refractivity (Wildman–Crippen MR) is 69.3 cm³/mol. The molecule has 96 valence electrons. The van der Waals surface area contributed by atoms with Gasteiger partial charge in [0, 0.05) is 6.54 Å². The van der Waals surface area contributed by atoms with Gasteiger partial charge in [0.05, 0.1) is 11.2 Å². The Morgan fingerprint density at radius 2 is 1.69 bits per heavy atom. The van der Waals surface area contributed by atoms with Gasteiger partial charge in [0.25, 0.3) is 0 Å². The highest BCUT2D eigenvalue weighted by molar-refractivity contribution is 5.88. The summed E-state index contributed by atoms with van der Waals surface area (Å²) in [5, 5.41) is 3.35. The Balaban J connectivity index is 0.00000106. The summed E-state index contributed by atoms with van der Waals surface area (Å²) in [5.41, 5.74) is -0.604. The molecule has 3 heteroatoms. The first-order valence-electron chi connectivity index (χ1n) is 6.42. The summed E-state index contributed by atoms with van der Waals surface area (Å²) in [5.74, 6) is 0.218. The van der Waals surface area contributed by atoms with E-state index in [1.807, 2.05) is 32.6 Å². The summed E-state index contributed by atoms with van der Waals surface area (Å²) in [6.07, 6.45) is 2.20. The Labute approximate surface area is 101 Å². The van der Waals surface area contributed by atoms with Crippen LogP contribution in [0.3, 0.4) is 0 Å². The topological polar surface area (TPSA) is 32.3 Å². The van der Waals surface area contributed by atoms with Crippen LogP contribution in [0.15, 0.2) is 0 Å². The Morgan fingerprint density at radius 3 is 2.00 bits per heavy atom. The summed E-state index contributed by atoms with van der Waals surface area (Å²) in [6, 6.07) is 0. The summed E-state index contributed by atoms with van der Waals surface area (Å²) in [4.78, 5) is 14.0. The Kier molecular flexibility index (Phi) is 5.47. The smallest absolute Gasteiger partial charge is 0.243 e. The van der Waals surface area contributed by atoms with Crippen LogP contribution in [0.4, 0.5) is 0 Å². The second-order valence-corrected chi connectivity index (χ2v) is 5.12. The second-order valence-electron chi connectivity index (χ2n) is 5.12. The number of rotatable bonds is 3. The minimum Gasteiger partial charge on any atom is -0.323 e. The van der Waals surface area contributed by atoms with Crippen molar-refractivity contribution >= 4 is 5.91 Å². The number of carbonyl (C=O) groups excluding carboxylic acids is 1. The van der Waals surface area contributed by atoms with Crippen LogP contribution in [0.1, 0.15) is 61.3 Å². The molecule has 16 heavy (non-hydrogen) atoms. The average Bonchev–Trinajstić information content (AvgIpc) is 2.33. The van der Waals surface area contributed by atoms with E-state index in [-0.39, 0.29) is 11.6 Å². The quantitative estimate of drug-likeness (QED) is 0.805. The van der Waals surface area contributed by atoms with Crippen molar-refractivity contribution in [3.8, 4) is 0 Å². The maximum absolute atomic E-state index is 12.0. The van der Waals surface area contributed by atoms with Crippen molar-refractivity contribution < 1.29 is 4.79 Å². The van der Waals surface area contributed by atoms with Crippen molar-refractivity contribution in [3.63, 3.8) is 0 Å². The highest BCUT2D eigenvalue weighted by Crippen LogP contribution is 2.27. The third-order valence-electron chi connectivity index (χ3n) is 2.81. The number of carbonyl (C=O) groups is 1. The van der Waals surface area contributed by atoms with E-state index in [1.54, 1.807) is 0 Å². The maximum Gasteiger partial charge on any atom is 0.243 e. The van der Waals surface area contributed by atoms with Gasteiger partial charge in [0.15, 0.2) is 0 Å². The number of nitrogens with one attached hydrogen (secondary N) is 1. The minimum absolute atomic E-state index is 0.199. The molecule has 1 fully saturated rings. The third-order valence-corrected chi connectivity index (χ3v) is 2.81. The number of unbranched alkanes of at least 4 members (excludes halogenated alkanes) is 1. The molecule has 3 nitrogen and oxygen atoms in total. The van der Waals surface area contributed by atoms with Crippen molar-refractivity contribution in [2.45, 2.75) is 72.5 Å². The fourth-order valence-electron chi connectivity index (χ4n) is 2.17. The van der Waals surface area contributed by atoms with E-state index in [0.717, 1.165) is 19.4 Å². The molecule has 0 atom stereocenters. The van der Waals surface area contributed by atoms with Crippen LogP contribution >= 0.6 is 0 Å². The summed E-state index contributed by atoms with van der Waals surface area (Å²) >= 11 is 0. The molecule has 0 aromatic heterocycles. The van der Waals surface area contributed by atoms with Gasteiger partial charge < -0.3 is 4.90 Å². The lowest BCUT2D eigenvalue weighted by Gasteiger charge is -2.31. The zero-order valence-corrected chi connectivity index (χ0v) is 12.0. The fraction of sp³-hybridized carbons (Fsp3) is 0.923. The summed E-state index contributed by atoms with van der Waals surface area (Å²) in [7, 11) is 0. The second kappa shape index (κ2) is 5.67. The molecular weight excluding hydrogens is 200 g/mol. The molecule has 1 heterocycles. The van der Waals surface area contributed by atoms with Gasteiger partial charge in [0.2, 0.25) is 5.91 Å². The molecule has 0 unspecified atom stereocenters. The molecule has 1 N–H and O–H groups in total. The molecule has 1 amide bonds. The fourth-order valence-corrected chi connectivity index (χ4v) is 2.17. The lowest BCUT2D eigenvalue weighted by atomic mass is 10.1. The molecule has 1 rings (SSSR count). The standard InChI is InChI=1S/C11H22N2O.C2H6/c1-6-7-8-13-9(14)10(2,3)12-11(13,4)5;1-2/h12H,6-8H2,1-5H3;1-2H3. The first kappa shape index (κ1) is 15.4. The van der Waals surface area contributed by atoms with Crippen molar-refractivity contribution in [1.82, 2.24) is 10.2 Å². The lowest BCUT2D eigenvalue weighted by Crippen LogP contribution is -2.48. The summed E-state index contributed by atoms with van der Waals surface area (Å²) < 4.78 is 0. The lowest BCUT2D eigenvalue weighted by molar-refractivity contribution is -0.133. The van der Waals surface area contributed by atoms with Gasteiger partial charge in [-0.3, -0.25) is 10.1 Å². The molecule has 1 aliphatic rings. The number of hydrogen-bond donors (Lipinski definition) is 1. The van der Waals surface area contributed by atoms with Gasteiger partial charge in [-0.1, -0.05) is 27.2 Å². The highest BCUT2D eigenvalue weighted by Gasteiger charge is 2.48. The first-order chi connectivity index (χ1) is 7.31. The Morgan fingerprint density at radius 1 is 1.19 bits per heavy atom. The van der Waals surface area contributed by atoms with Crippen molar-refractivity contribution in [1.29, 1.82) is 0 Å². The molecule has 0 aromatic carbocycles. The molecule has 0 aliphatic carbocycles. The monoisotopic (exact) mass is 228 g/mol. The molecule has 1 aliphatic heterocycles. The van der Waals surface area contributed by atoms with E-state index in [4.69, 9.17) is 0 Å². The molecule has 0 bridgehead atoms. The van der Waals surface area contributed by atoms with Crippen LogP contribution in [0, 0.1) is 0 Å². The van der Waals surface area contributed by atoms with E-state index < -0.39 is 5.54 Å². The normalized spacial score (nSPS) is 21.7. The van der Waals surface area contributed by atoms with Gasteiger partial charge in [0.1, 0.15) is 0 Å². The van der Waals surface area contributed by atoms with E-state index >= 15 is 0 Å². The Hall–Kier alpha value is -0.570. The van der Waals surface area contributed by atoms with Crippen molar-refractivity contribution in [3.05, 3.63) is 0 Å². The van der Waals surface area contributed by atoms with Crippen molar-refractivity contribution in [2.75, 3.05) is 6.54 Å². The SMILES string of the molecule is CC.CCCCN1C(=O)C(C)(C)NC1(C)C. The summed E-state index contributed by atoms with van der Waals surface area (Å²) in [6.45, 7) is 15.0. The minimum atomic E-state index is -0.406. The van der Waals surface area contributed by atoms with Crippen LogP contribution in [0.5, 0.6) is 0 Å². The van der Waals surface area contributed by atoms with E-state index in [2.05, 4.69) is 26.1 Å². The van der Waals surface area contributed by atoms with Crippen molar-refractivity contribution in [2.24, 2.45) is 0 Å². The van der Waals surface area contributed by atoms with E-state index in [1.165, 1.54) is 0 Å². The molecular formula is C13H28N2O. The number of amides is 1. The number of hydrogen-bond acceptors (Lipinski definition) is 2. The average molecular weight is 228 g/mol. The van der Waals surface area contributed by atoms with E-state index in [0.29, 0.717) is 0 Å². The molecule has 0 aromatic rings. The highest BCUT2D eigenvalue weighted by atomic mass is 16.2. The van der Waals surface area contributed by atoms with Gasteiger partial charge in [-0.15, -0.1) is 0 Å². The van der Waals surface area contributed by atoms with Gasteiger partial charge in [-0.05, 0) is 34.1 Å². The van der Waals surface area contributed by atoms with Crippen LogP contribution in [0.2, 0.25) is 0 Å². The van der Waals surface area contributed by atoms with Gasteiger partial charge in [-0.2, -0.15) is 0 Å². The van der Waals surface area contributed by atoms with Crippen LogP contribution in [-0.2, 0) is 4.79 Å². The van der Waals surface area contributed by atoms with Crippen LogP contribution in [0.25, 0.3) is 0 Å². The molecule has 0 saturated carbocycles. The first-order valence-corrected chi connectivity index (χ1v) is 6.42. The number of nitrogens with zero attached hydrogens (tertiary/aromatic N) is 1.